The summed E-state index contributed by atoms with van der Waals surface area (Å²) in [6.45, 7) is 17.1. The average Bonchev–Trinajstić information content (AvgIpc) is 3.26. The molecule has 27 heavy (non-hydrogen) atoms. The van der Waals surface area contributed by atoms with Gasteiger partial charge in [-0.25, -0.2) is 4.98 Å². The third-order valence-corrected chi connectivity index (χ3v) is 6.61. The fourth-order valence-electron chi connectivity index (χ4n) is 4.05. The van der Waals surface area contributed by atoms with E-state index in [1.165, 1.54) is 44.5 Å². The molecule has 4 nitrogen and oxygen atoms in total. The molecule has 0 saturated heterocycles. The highest BCUT2D eigenvalue weighted by molar-refractivity contribution is 5.82. The van der Waals surface area contributed by atoms with Crippen LogP contribution in [-0.2, 0) is 6.42 Å². The van der Waals surface area contributed by atoms with Crippen LogP contribution in [-0.4, -0.2) is 11.2 Å². The third-order valence-electron chi connectivity index (χ3n) is 6.61. The number of nitrogens with one attached hydrogen (secondary N) is 1. The summed E-state index contributed by atoms with van der Waals surface area (Å²) in [4.78, 5) is 4.79. The van der Waals surface area contributed by atoms with Crippen LogP contribution in [0.15, 0.2) is 4.42 Å². The zero-order chi connectivity index (χ0) is 19.6. The van der Waals surface area contributed by atoms with E-state index in [0.29, 0.717) is 6.42 Å². The Morgan fingerprint density at radius 1 is 0.741 bits per heavy atom. The number of oxazole rings is 1. The molecule has 2 aromatic carbocycles. The second-order valence-corrected chi connectivity index (χ2v) is 7.94. The minimum atomic E-state index is -0.158. The van der Waals surface area contributed by atoms with Crippen molar-refractivity contribution in [1.29, 1.82) is 0 Å². The Hall–Kier alpha value is -2.49. The normalized spacial score (nSPS) is 15.8. The van der Waals surface area contributed by atoms with Crippen LogP contribution in [0.25, 0.3) is 11.1 Å². The van der Waals surface area contributed by atoms with Gasteiger partial charge in [0.05, 0.1) is 12.1 Å². The number of anilines is 1. The molecule has 3 aromatic rings. The molecular weight excluding hydrogens is 336 g/mol. The van der Waals surface area contributed by atoms with Crippen LogP contribution in [0.1, 0.15) is 50.4 Å². The quantitative estimate of drug-likeness (QED) is 0.636. The molecule has 0 saturated carbocycles. The van der Waals surface area contributed by atoms with E-state index in [9.17, 15) is 0 Å². The molecule has 1 N–H and O–H groups in total. The fraction of sp³-hybridized carbons (Fsp3) is 0.435. The lowest BCUT2D eigenvalue weighted by Crippen LogP contribution is -2.23. The summed E-state index contributed by atoms with van der Waals surface area (Å²) in [6.07, 6.45) is 0.437. The van der Waals surface area contributed by atoms with Crippen LogP contribution >= 0.6 is 0 Å². The Balaban J connectivity index is 1.68. The first kappa shape index (κ1) is 17.9. The Kier molecular flexibility index (Phi) is 3.99. The van der Waals surface area contributed by atoms with Crippen molar-refractivity contribution in [3.05, 3.63) is 50.4 Å². The van der Waals surface area contributed by atoms with Crippen molar-refractivity contribution in [2.45, 2.75) is 68.0 Å². The monoisotopic (exact) mass is 364 g/mol. The molecule has 4 rings (SSSR count). The minimum absolute atomic E-state index is 0.158. The minimum Gasteiger partial charge on any atom is -0.468 e. The van der Waals surface area contributed by atoms with E-state index in [1.54, 1.807) is 0 Å². The van der Waals surface area contributed by atoms with Crippen LogP contribution < -0.4 is 10.1 Å². The number of hydrogen-bond acceptors (Lipinski definition) is 4. The van der Waals surface area contributed by atoms with Crippen molar-refractivity contribution < 1.29 is 9.15 Å². The van der Waals surface area contributed by atoms with E-state index in [0.717, 1.165) is 28.4 Å². The predicted octanol–water partition coefficient (Wildman–Crippen LogP) is 5.67. The first-order valence-electron chi connectivity index (χ1n) is 9.60. The summed E-state index contributed by atoms with van der Waals surface area (Å²) < 4.78 is 12.4. The molecule has 1 aromatic heterocycles. The molecule has 0 amide bonds. The molecule has 0 bridgehead atoms. The molecule has 4 heteroatoms. The number of hydrogen-bond donors (Lipinski definition) is 1. The van der Waals surface area contributed by atoms with E-state index >= 15 is 0 Å². The van der Waals surface area contributed by atoms with Crippen molar-refractivity contribution in [2.75, 3.05) is 5.32 Å². The van der Waals surface area contributed by atoms with Crippen molar-refractivity contribution in [3.8, 4) is 5.75 Å². The third kappa shape index (κ3) is 2.53. The smallest absolute Gasteiger partial charge is 0.201 e. The fourth-order valence-corrected chi connectivity index (χ4v) is 4.05. The lowest BCUT2D eigenvalue weighted by molar-refractivity contribution is 0.240. The Morgan fingerprint density at radius 2 is 1.33 bits per heavy atom. The molecule has 1 atom stereocenters. The number of benzene rings is 2. The molecule has 0 radical (unpaired) electrons. The molecule has 142 valence electrons. The van der Waals surface area contributed by atoms with Gasteiger partial charge in [0.15, 0.2) is 11.8 Å². The zero-order valence-corrected chi connectivity index (χ0v) is 17.5. The molecule has 2 heterocycles. The van der Waals surface area contributed by atoms with Gasteiger partial charge in [0.25, 0.3) is 0 Å². The summed E-state index contributed by atoms with van der Waals surface area (Å²) in [5, 5.41) is 3.53. The van der Waals surface area contributed by atoms with Crippen molar-refractivity contribution in [2.24, 2.45) is 0 Å². The summed E-state index contributed by atoms with van der Waals surface area (Å²) in [5.74, 6) is 1.69. The average molecular weight is 364 g/mol. The van der Waals surface area contributed by atoms with E-state index in [1.807, 2.05) is 0 Å². The van der Waals surface area contributed by atoms with Gasteiger partial charge in [0.2, 0.25) is 5.89 Å². The summed E-state index contributed by atoms with van der Waals surface area (Å²) in [5.41, 5.74) is 13.0. The van der Waals surface area contributed by atoms with Gasteiger partial charge < -0.3 is 14.5 Å². The van der Waals surface area contributed by atoms with Crippen LogP contribution in [0.4, 0.5) is 5.69 Å². The van der Waals surface area contributed by atoms with Crippen LogP contribution in [0.5, 0.6) is 5.75 Å². The standard InChI is InChI=1S/C23H28N2O2/c1-10-12(3)16(7)22-20(14(10)5)24-18(26-22)9-19-25-21-15(6)11(2)13(4)17(8)23(21)27-19/h18,24H,9H2,1-8H3. The molecule has 1 unspecified atom stereocenters. The number of rotatable bonds is 2. The van der Waals surface area contributed by atoms with Gasteiger partial charge in [0, 0.05) is 0 Å². The number of nitrogens with zero attached hydrogens (tertiary/aromatic N) is 1. The first-order valence-corrected chi connectivity index (χ1v) is 9.60. The zero-order valence-electron chi connectivity index (χ0n) is 17.5. The van der Waals surface area contributed by atoms with Crippen molar-refractivity contribution in [1.82, 2.24) is 4.98 Å². The Morgan fingerprint density at radius 3 is 2.04 bits per heavy atom. The maximum atomic E-state index is 6.25. The maximum Gasteiger partial charge on any atom is 0.201 e. The highest BCUT2D eigenvalue weighted by Crippen LogP contribution is 2.42. The number of fused-ring (bicyclic) bond motifs is 2. The van der Waals surface area contributed by atoms with Crippen LogP contribution in [0.2, 0.25) is 0 Å². The molecular formula is C23H28N2O2. The van der Waals surface area contributed by atoms with Crippen LogP contribution in [0, 0.1) is 55.4 Å². The van der Waals surface area contributed by atoms with Gasteiger partial charge in [-0.3, -0.25) is 0 Å². The predicted molar refractivity (Wildman–Crippen MR) is 110 cm³/mol. The molecule has 1 aliphatic heterocycles. The van der Waals surface area contributed by atoms with Crippen molar-refractivity contribution >= 4 is 16.8 Å². The lowest BCUT2D eigenvalue weighted by Gasteiger charge is -2.13. The van der Waals surface area contributed by atoms with E-state index in [4.69, 9.17) is 14.1 Å². The number of ether oxygens (including phenoxy) is 1. The number of aryl methyl sites for hydroxylation is 2. The topological polar surface area (TPSA) is 47.3 Å². The van der Waals surface area contributed by atoms with Gasteiger partial charge in [-0.1, -0.05) is 0 Å². The lowest BCUT2D eigenvalue weighted by atomic mass is 9.97. The van der Waals surface area contributed by atoms with E-state index in [2.05, 4.69) is 60.7 Å². The van der Waals surface area contributed by atoms with Gasteiger partial charge >= 0.3 is 0 Å². The van der Waals surface area contributed by atoms with Gasteiger partial charge in [-0.05, 0) is 99.9 Å². The molecule has 0 spiro atoms. The van der Waals surface area contributed by atoms with Gasteiger partial charge in [-0.2, -0.15) is 0 Å². The molecule has 0 fully saturated rings. The maximum absolute atomic E-state index is 6.25. The van der Waals surface area contributed by atoms with E-state index in [-0.39, 0.29) is 6.23 Å². The highest BCUT2D eigenvalue weighted by atomic mass is 16.5. The highest BCUT2D eigenvalue weighted by Gasteiger charge is 2.29. The Bertz CT molecular complexity index is 1010. The van der Waals surface area contributed by atoms with Crippen LogP contribution in [0.3, 0.4) is 0 Å². The second-order valence-electron chi connectivity index (χ2n) is 7.94. The van der Waals surface area contributed by atoms with Gasteiger partial charge in [-0.15, -0.1) is 0 Å². The largest absolute Gasteiger partial charge is 0.468 e. The Labute approximate surface area is 160 Å². The van der Waals surface area contributed by atoms with E-state index < -0.39 is 0 Å². The summed E-state index contributed by atoms with van der Waals surface area (Å²) in [6, 6.07) is 0. The summed E-state index contributed by atoms with van der Waals surface area (Å²) >= 11 is 0. The van der Waals surface area contributed by atoms with Crippen molar-refractivity contribution in [3.63, 3.8) is 0 Å². The molecule has 1 aliphatic rings. The number of aromatic nitrogens is 1. The van der Waals surface area contributed by atoms with Gasteiger partial charge in [0.1, 0.15) is 11.3 Å². The SMILES string of the molecule is Cc1c(C)c(C)c2c(c1C)NC(Cc1nc3c(C)c(C)c(C)c(C)c3o1)O2. The second kappa shape index (κ2) is 6.01. The first-order chi connectivity index (χ1) is 12.7. The summed E-state index contributed by atoms with van der Waals surface area (Å²) in [7, 11) is 0. The molecule has 0 aliphatic carbocycles.